The number of carbonyl (C=O) groups excluding carboxylic acids is 1. The van der Waals surface area contributed by atoms with E-state index >= 15 is 0 Å². The topological polar surface area (TPSA) is 38.1 Å². The third-order valence-electron chi connectivity index (χ3n) is 2.22. The highest BCUT2D eigenvalue weighted by atomic mass is 32.2. The second-order valence-electron chi connectivity index (χ2n) is 3.33. The first-order chi connectivity index (χ1) is 6.77. The molecule has 1 saturated heterocycles. The molecule has 1 fully saturated rings. The van der Waals surface area contributed by atoms with Gasteiger partial charge in [-0.3, -0.25) is 4.79 Å². The highest BCUT2D eigenvalue weighted by Crippen LogP contribution is 2.11. The molecule has 4 nitrogen and oxygen atoms in total. The number of nitrogens with zero attached hydrogens (tertiary/aromatic N) is 3. The van der Waals surface area contributed by atoms with Crippen LogP contribution in [0.15, 0.2) is 12.5 Å². The van der Waals surface area contributed by atoms with Gasteiger partial charge in [0.15, 0.2) is 0 Å². The highest BCUT2D eigenvalue weighted by Gasteiger charge is 2.19. The number of aromatic nitrogens is 2. The molecule has 14 heavy (non-hydrogen) atoms. The second-order valence-corrected chi connectivity index (χ2v) is 4.55. The lowest BCUT2D eigenvalue weighted by Gasteiger charge is -2.25. The predicted molar refractivity (Wildman–Crippen MR) is 56.4 cm³/mol. The monoisotopic (exact) mass is 211 g/mol. The predicted octanol–water partition coefficient (Wildman–Crippen LogP) is 0.609. The molecule has 0 N–H and O–H groups in total. The summed E-state index contributed by atoms with van der Waals surface area (Å²) in [4.78, 5) is 17.8. The molecule has 76 valence electrons. The van der Waals surface area contributed by atoms with Crippen molar-refractivity contribution in [2.45, 2.75) is 0 Å². The van der Waals surface area contributed by atoms with Crippen LogP contribution in [0.4, 0.5) is 0 Å². The number of imidazole rings is 1. The lowest BCUT2D eigenvalue weighted by atomic mass is 10.4. The van der Waals surface area contributed by atoms with E-state index in [9.17, 15) is 4.79 Å². The fraction of sp³-hybridized carbons (Fsp3) is 0.556. The minimum atomic E-state index is 0.0610. The van der Waals surface area contributed by atoms with Crippen molar-refractivity contribution in [1.82, 2.24) is 14.5 Å². The molecule has 0 radical (unpaired) electrons. The van der Waals surface area contributed by atoms with E-state index in [1.54, 1.807) is 17.1 Å². The van der Waals surface area contributed by atoms with Crippen LogP contribution >= 0.6 is 11.8 Å². The first kappa shape index (κ1) is 9.58. The molecular weight excluding hydrogens is 198 g/mol. The Morgan fingerprint density at radius 3 is 2.79 bits per heavy atom. The first-order valence-electron chi connectivity index (χ1n) is 4.62. The largest absolute Gasteiger partial charge is 0.340 e. The number of aryl methyl sites for hydroxylation is 1. The molecule has 0 aromatic carbocycles. The van der Waals surface area contributed by atoms with Crippen LogP contribution < -0.4 is 0 Å². The normalized spacial score (nSPS) is 17.1. The van der Waals surface area contributed by atoms with Gasteiger partial charge in [-0.05, 0) is 0 Å². The molecule has 2 rings (SSSR count). The summed E-state index contributed by atoms with van der Waals surface area (Å²) in [7, 11) is 1.87. The van der Waals surface area contributed by atoms with Gasteiger partial charge >= 0.3 is 0 Å². The van der Waals surface area contributed by atoms with Crippen LogP contribution in [0, 0.1) is 0 Å². The molecule has 1 aliphatic rings. The fourth-order valence-corrected chi connectivity index (χ4v) is 2.35. The maximum atomic E-state index is 11.9. The van der Waals surface area contributed by atoms with Crippen molar-refractivity contribution in [2.24, 2.45) is 7.05 Å². The number of rotatable bonds is 1. The van der Waals surface area contributed by atoms with Crippen LogP contribution in [0.25, 0.3) is 0 Å². The zero-order valence-electron chi connectivity index (χ0n) is 8.14. The van der Waals surface area contributed by atoms with Crippen LogP contribution in [0.2, 0.25) is 0 Å². The standard InChI is InChI=1S/C9H13N3OS/c1-11-6-8(10-7-11)9(13)12-2-4-14-5-3-12/h6-7H,2-5H2,1H3. The molecule has 0 spiro atoms. The molecule has 0 atom stereocenters. The molecule has 1 aliphatic heterocycles. The zero-order valence-corrected chi connectivity index (χ0v) is 8.96. The van der Waals surface area contributed by atoms with Gasteiger partial charge in [0.2, 0.25) is 0 Å². The van der Waals surface area contributed by atoms with Gasteiger partial charge in [-0.25, -0.2) is 4.98 Å². The highest BCUT2D eigenvalue weighted by molar-refractivity contribution is 7.99. The molecule has 1 aromatic heterocycles. The van der Waals surface area contributed by atoms with E-state index in [2.05, 4.69) is 4.98 Å². The Balaban J connectivity index is 2.07. The summed E-state index contributed by atoms with van der Waals surface area (Å²) in [6.45, 7) is 1.69. The second kappa shape index (κ2) is 4.04. The van der Waals surface area contributed by atoms with Gasteiger partial charge in [-0.15, -0.1) is 0 Å². The Kier molecular flexibility index (Phi) is 2.77. The molecule has 0 aliphatic carbocycles. The van der Waals surface area contributed by atoms with Crippen molar-refractivity contribution in [3.8, 4) is 0 Å². The average molecular weight is 211 g/mol. The smallest absolute Gasteiger partial charge is 0.274 e. The van der Waals surface area contributed by atoms with Crippen LogP contribution in [0.3, 0.4) is 0 Å². The third-order valence-corrected chi connectivity index (χ3v) is 3.16. The molecule has 0 bridgehead atoms. The van der Waals surface area contributed by atoms with Gasteiger partial charge in [-0.2, -0.15) is 11.8 Å². The van der Waals surface area contributed by atoms with E-state index in [1.165, 1.54) is 0 Å². The molecular formula is C9H13N3OS. The SMILES string of the molecule is Cn1cnc(C(=O)N2CCSCC2)c1. The maximum Gasteiger partial charge on any atom is 0.274 e. The van der Waals surface area contributed by atoms with Crippen molar-refractivity contribution >= 4 is 17.7 Å². The fourth-order valence-electron chi connectivity index (χ4n) is 1.45. The molecule has 5 heteroatoms. The number of carbonyl (C=O) groups is 1. The molecule has 1 amide bonds. The Labute approximate surface area is 87.3 Å². The van der Waals surface area contributed by atoms with Gasteiger partial charge in [-0.1, -0.05) is 0 Å². The Hall–Kier alpha value is -0.970. The Morgan fingerprint density at radius 1 is 1.50 bits per heavy atom. The van der Waals surface area contributed by atoms with E-state index in [0.29, 0.717) is 5.69 Å². The van der Waals surface area contributed by atoms with Crippen LogP contribution in [-0.2, 0) is 7.05 Å². The molecule has 1 aromatic rings. The van der Waals surface area contributed by atoms with Crippen molar-refractivity contribution in [3.05, 3.63) is 18.2 Å². The zero-order chi connectivity index (χ0) is 9.97. The van der Waals surface area contributed by atoms with E-state index in [1.807, 2.05) is 23.7 Å². The van der Waals surface area contributed by atoms with Gasteiger partial charge in [0.25, 0.3) is 5.91 Å². The average Bonchev–Trinajstić information content (AvgIpc) is 2.65. The number of hydrogen-bond donors (Lipinski definition) is 0. The summed E-state index contributed by atoms with van der Waals surface area (Å²) in [5.74, 6) is 2.14. The Morgan fingerprint density at radius 2 is 2.21 bits per heavy atom. The molecule has 0 unspecified atom stereocenters. The van der Waals surface area contributed by atoms with E-state index in [-0.39, 0.29) is 5.91 Å². The number of hydrogen-bond acceptors (Lipinski definition) is 3. The first-order valence-corrected chi connectivity index (χ1v) is 5.78. The van der Waals surface area contributed by atoms with Crippen LogP contribution in [0.5, 0.6) is 0 Å². The van der Waals surface area contributed by atoms with Gasteiger partial charge in [0, 0.05) is 37.8 Å². The van der Waals surface area contributed by atoms with Crippen molar-refractivity contribution in [1.29, 1.82) is 0 Å². The Bertz CT molecular complexity index is 331. The minimum absolute atomic E-state index is 0.0610. The summed E-state index contributed by atoms with van der Waals surface area (Å²) in [5, 5.41) is 0. The lowest BCUT2D eigenvalue weighted by Crippen LogP contribution is -2.38. The third kappa shape index (κ3) is 1.92. The summed E-state index contributed by atoms with van der Waals surface area (Å²) in [5.41, 5.74) is 0.555. The van der Waals surface area contributed by atoms with Crippen molar-refractivity contribution in [3.63, 3.8) is 0 Å². The number of amides is 1. The van der Waals surface area contributed by atoms with Crippen LogP contribution in [0.1, 0.15) is 10.5 Å². The maximum absolute atomic E-state index is 11.9. The van der Waals surface area contributed by atoms with Crippen molar-refractivity contribution in [2.75, 3.05) is 24.6 Å². The van der Waals surface area contributed by atoms with Crippen molar-refractivity contribution < 1.29 is 4.79 Å². The van der Waals surface area contributed by atoms with E-state index in [4.69, 9.17) is 0 Å². The summed E-state index contributed by atoms with van der Waals surface area (Å²) < 4.78 is 1.80. The lowest BCUT2D eigenvalue weighted by molar-refractivity contribution is 0.0767. The summed E-state index contributed by atoms with van der Waals surface area (Å²) >= 11 is 1.90. The van der Waals surface area contributed by atoms with E-state index in [0.717, 1.165) is 24.6 Å². The van der Waals surface area contributed by atoms with Crippen LogP contribution in [-0.4, -0.2) is 45.0 Å². The van der Waals surface area contributed by atoms with Gasteiger partial charge in [0.05, 0.1) is 6.33 Å². The van der Waals surface area contributed by atoms with E-state index < -0.39 is 0 Å². The molecule has 2 heterocycles. The van der Waals surface area contributed by atoms with Gasteiger partial charge in [0.1, 0.15) is 5.69 Å². The molecule has 0 saturated carbocycles. The van der Waals surface area contributed by atoms with Gasteiger partial charge < -0.3 is 9.47 Å². The summed E-state index contributed by atoms with van der Waals surface area (Å²) in [6.07, 6.45) is 3.43. The summed E-state index contributed by atoms with van der Waals surface area (Å²) in [6, 6.07) is 0. The number of thioether (sulfide) groups is 1. The quantitative estimate of drug-likeness (QED) is 0.683. The minimum Gasteiger partial charge on any atom is -0.340 e.